The maximum atomic E-state index is 14.0. The SMILES string of the molecule is CC1c2cc3c(cc2C2(CCCC2)CN1CC(=O)Nc1c(F)cccc1F)OCCO3. The van der Waals surface area contributed by atoms with E-state index in [0.29, 0.717) is 13.2 Å². The van der Waals surface area contributed by atoms with Crippen molar-refractivity contribution in [1.29, 1.82) is 0 Å². The van der Waals surface area contributed by atoms with E-state index in [0.717, 1.165) is 61.4 Å². The van der Waals surface area contributed by atoms with Crippen LogP contribution in [0.1, 0.15) is 49.8 Å². The Balaban J connectivity index is 1.44. The lowest BCUT2D eigenvalue weighted by molar-refractivity contribution is -0.118. The predicted octanol–water partition coefficient (Wildman–Crippen LogP) is 4.56. The number of nitrogens with zero attached hydrogens (tertiary/aromatic N) is 1. The molecule has 0 bridgehead atoms. The zero-order valence-corrected chi connectivity index (χ0v) is 17.5. The minimum absolute atomic E-state index is 0.0340. The largest absolute Gasteiger partial charge is 0.486 e. The Morgan fingerprint density at radius 2 is 1.77 bits per heavy atom. The summed E-state index contributed by atoms with van der Waals surface area (Å²) in [6.07, 6.45) is 4.38. The molecule has 1 aliphatic carbocycles. The van der Waals surface area contributed by atoms with E-state index in [4.69, 9.17) is 9.47 Å². The molecule has 2 aromatic carbocycles. The zero-order valence-electron chi connectivity index (χ0n) is 17.5. The molecule has 1 unspecified atom stereocenters. The number of hydrogen-bond donors (Lipinski definition) is 1. The number of hydrogen-bond acceptors (Lipinski definition) is 4. The Hall–Kier alpha value is -2.67. The first-order chi connectivity index (χ1) is 15.0. The lowest BCUT2D eigenvalue weighted by Gasteiger charge is -2.46. The van der Waals surface area contributed by atoms with Crippen molar-refractivity contribution in [2.24, 2.45) is 0 Å². The fraction of sp³-hybridized carbons (Fsp3) is 0.458. The number of ether oxygens (including phenoxy) is 2. The summed E-state index contributed by atoms with van der Waals surface area (Å²) >= 11 is 0. The van der Waals surface area contributed by atoms with Gasteiger partial charge < -0.3 is 14.8 Å². The molecule has 1 N–H and O–H groups in total. The van der Waals surface area contributed by atoms with Crippen LogP contribution >= 0.6 is 0 Å². The van der Waals surface area contributed by atoms with Crippen molar-refractivity contribution in [2.45, 2.75) is 44.1 Å². The minimum Gasteiger partial charge on any atom is -0.486 e. The first kappa shape index (κ1) is 20.2. The molecule has 31 heavy (non-hydrogen) atoms. The number of amides is 1. The van der Waals surface area contributed by atoms with Crippen molar-refractivity contribution >= 4 is 11.6 Å². The standard InChI is InChI=1S/C24H26F2N2O3/c1-15-16-11-20-21(31-10-9-30-20)12-17(16)24(7-2-3-8-24)14-28(15)13-22(29)27-23-18(25)5-4-6-19(23)26/h4-6,11-12,15H,2-3,7-10,13-14H2,1H3,(H,27,29). The van der Waals surface area contributed by atoms with Crippen molar-refractivity contribution in [1.82, 2.24) is 4.90 Å². The summed E-state index contributed by atoms with van der Waals surface area (Å²) in [5, 5.41) is 2.42. The number of carbonyl (C=O) groups is 1. The minimum atomic E-state index is -0.776. The second-order valence-electron chi connectivity index (χ2n) is 8.80. The van der Waals surface area contributed by atoms with Crippen LogP contribution < -0.4 is 14.8 Å². The van der Waals surface area contributed by atoms with E-state index < -0.39 is 23.2 Å². The van der Waals surface area contributed by atoms with E-state index >= 15 is 0 Å². The fourth-order valence-electron chi connectivity index (χ4n) is 5.37. The second-order valence-corrected chi connectivity index (χ2v) is 8.80. The normalized spacial score (nSPS) is 21.7. The van der Waals surface area contributed by atoms with Crippen molar-refractivity contribution in [3.8, 4) is 11.5 Å². The average Bonchev–Trinajstić information content (AvgIpc) is 3.23. The summed E-state index contributed by atoms with van der Waals surface area (Å²) in [4.78, 5) is 14.9. The Bertz CT molecular complexity index is 1000. The third-order valence-corrected chi connectivity index (χ3v) is 6.92. The van der Waals surface area contributed by atoms with E-state index in [2.05, 4.69) is 29.3 Å². The highest BCUT2D eigenvalue weighted by Crippen LogP contribution is 2.51. The van der Waals surface area contributed by atoms with E-state index in [9.17, 15) is 13.6 Å². The lowest BCUT2D eigenvalue weighted by Crippen LogP contribution is -2.48. The molecule has 1 atom stereocenters. The molecule has 2 aromatic rings. The number of para-hydroxylation sites is 1. The van der Waals surface area contributed by atoms with Crippen LogP contribution in [0.2, 0.25) is 0 Å². The molecule has 1 amide bonds. The molecule has 5 rings (SSSR count). The van der Waals surface area contributed by atoms with Gasteiger partial charge in [-0.3, -0.25) is 9.69 Å². The number of nitrogens with one attached hydrogen (secondary N) is 1. The third kappa shape index (κ3) is 3.55. The van der Waals surface area contributed by atoms with Crippen LogP contribution in [-0.2, 0) is 10.2 Å². The van der Waals surface area contributed by atoms with E-state index in [1.165, 1.54) is 11.6 Å². The second kappa shape index (κ2) is 7.79. The van der Waals surface area contributed by atoms with Gasteiger partial charge in [-0.2, -0.15) is 0 Å². The quantitative estimate of drug-likeness (QED) is 0.779. The Labute approximate surface area is 180 Å². The van der Waals surface area contributed by atoms with Gasteiger partial charge in [0.15, 0.2) is 11.5 Å². The smallest absolute Gasteiger partial charge is 0.238 e. The summed E-state index contributed by atoms with van der Waals surface area (Å²) in [5.41, 5.74) is 2.00. The van der Waals surface area contributed by atoms with Gasteiger partial charge in [-0.25, -0.2) is 8.78 Å². The van der Waals surface area contributed by atoms with Crippen LogP contribution in [0.15, 0.2) is 30.3 Å². The monoisotopic (exact) mass is 428 g/mol. The van der Waals surface area contributed by atoms with Gasteiger partial charge in [0, 0.05) is 18.0 Å². The average molecular weight is 428 g/mol. The molecule has 0 radical (unpaired) electrons. The highest BCUT2D eigenvalue weighted by molar-refractivity contribution is 5.92. The van der Waals surface area contributed by atoms with Gasteiger partial charge in [-0.15, -0.1) is 0 Å². The van der Waals surface area contributed by atoms with Crippen LogP contribution in [-0.4, -0.2) is 37.1 Å². The Kier molecular flexibility index (Phi) is 5.08. The van der Waals surface area contributed by atoms with E-state index in [1.807, 2.05) is 0 Å². The molecule has 2 aliphatic heterocycles. The predicted molar refractivity (Wildman–Crippen MR) is 113 cm³/mol. The van der Waals surface area contributed by atoms with Crippen molar-refractivity contribution in [3.63, 3.8) is 0 Å². The summed E-state index contributed by atoms with van der Waals surface area (Å²) in [5.74, 6) is -0.442. The molecular formula is C24H26F2N2O3. The van der Waals surface area contributed by atoms with Crippen LogP contribution in [0.4, 0.5) is 14.5 Å². The summed E-state index contributed by atoms with van der Waals surface area (Å²) in [6.45, 7) is 3.92. The van der Waals surface area contributed by atoms with Crippen LogP contribution in [0.25, 0.3) is 0 Å². The van der Waals surface area contributed by atoms with Crippen molar-refractivity contribution in [2.75, 3.05) is 31.6 Å². The number of anilines is 1. The maximum Gasteiger partial charge on any atom is 0.238 e. The number of fused-ring (bicyclic) bond motifs is 3. The molecule has 1 spiro atoms. The highest BCUT2D eigenvalue weighted by Gasteiger charge is 2.45. The van der Waals surface area contributed by atoms with Gasteiger partial charge in [0.2, 0.25) is 5.91 Å². The molecule has 3 aliphatic rings. The van der Waals surface area contributed by atoms with Crippen LogP contribution in [0, 0.1) is 11.6 Å². The first-order valence-electron chi connectivity index (χ1n) is 10.9. The van der Waals surface area contributed by atoms with Gasteiger partial charge in [0.05, 0.1) is 6.54 Å². The van der Waals surface area contributed by atoms with Crippen molar-refractivity contribution in [3.05, 3.63) is 53.1 Å². The summed E-state index contributed by atoms with van der Waals surface area (Å²) in [6, 6.07) is 7.70. The maximum absolute atomic E-state index is 14.0. The highest BCUT2D eigenvalue weighted by atomic mass is 19.1. The number of benzene rings is 2. The van der Waals surface area contributed by atoms with Crippen LogP contribution in [0.5, 0.6) is 11.5 Å². The Morgan fingerprint density at radius 3 is 2.45 bits per heavy atom. The molecule has 164 valence electrons. The van der Waals surface area contributed by atoms with E-state index in [1.54, 1.807) is 0 Å². The molecule has 0 aromatic heterocycles. The van der Waals surface area contributed by atoms with E-state index in [-0.39, 0.29) is 18.0 Å². The number of rotatable bonds is 3. The lowest BCUT2D eigenvalue weighted by atomic mass is 9.71. The molecule has 2 heterocycles. The molecule has 0 saturated heterocycles. The third-order valence-electron chi connectivity index (χ3n) is 6.92. The van der Waals surface area contributed by atoms with Gasteiger partial charge in [-0.1, -0.05) is 18.9 Å². The fourth-order valence-corrected chi connectivity index (χ4v) is 5.37. The zero-order chi connectivity index (χ0) is 21.6. The Morgan fingerprint density at radius 1 is 1.13 bits per heavy atom. The topological polar surface area (TPSA) is 50.8 Å². The molecule has 5 nitrogen and oxygen atoms in total. The van der Waals surface area contributed by atoms with Crippen LogP contribution in [0.3, 0.4) is 0 Å². The van der Waals surface area contributed by atoms with Gasteiger partial charge in [0.1, 0.15) is 30.5 Å². The molecular weight excluding hydrogens is 402 g/mol. The molecule has 1 fully saturated rings. The molecule has 1 saturated carbocycles. The first-order valence-corrected chi connectivity index (χ1v) is 10.9. The number of carbonyl (C=O) groups excluding carboxylic acids is 1. The van der Waals surface area contributed by atoms with Crippen molar-refractivity contribution < 1.29 is 23.0 Å². The van der Waals surface area contributed by atoms with Gasteiger partial charge >= 0.3 is 0 Å². The van der Waals surface area contributed by atoms with Gasteiger partial charge in [0.25, 0.3) is 0 Å². The molecule has 7 heteroatoms. The van der Waals surface area contributed by atoms with Gasteiger partial charge in [-0.05, 0) is 55.2 Å². The summed E-state index contributed by atoms with van der Waals surface area (Å²) < 4.78 is 39.6. The number of halogens is 2. The summed E-state index contributed by atoms with van der Waals surface area (Å²) in [7, 11) is 0.